The van der Waals surface area contributed by atoms with Crippen molar-refractivity contribution in [2.75, 3.05) is 0 Å². The van der Waals surface area contributed by atoms with Crippen LogP contribution in [-0.4, -0.2) is 5.60 Å². The van der Waals surface area contributed by atoms with Crippen LogP contribution >= 0.6 is 0 Å². The minimum atomic E-state index is -0.164. The van der Waals surface area contributed by atoms with Gasteiger partial charge in [-0.1, -0.05) is 52.3 Å². The minimum absolute atomic E-state index is 0.164. The summed E-state index contributed by atoms with van der Waals surface area (Å²) in [5.74, 6) is 1.82. The SMILES string of the molecule is CC.CC(C)C.Cc1ccc2c(c1)C=CC(C)(C)O2. The summed E-state index contributed by atoms with van der Waals surface area (Å²) < 4.78 is 5.79. The van der Waals surface area contributed by atoms with Crippen molar-refractivity contribution in [1.82, 2.24) is 0 Å². The van der Waals surface area contributed by atoms with Crippen LogP contribution in [0, 0.1) is 12.8 Å². The Labute approximate surface area is 119 Å². The molecule has 0 N–H and O–H groups in total. The molecule has 1 aromatic carbocycles. The standard InChI is InChI=1S/C12H14O.C4H10.C2H6/c1-9-4-5-11-10(8-9)6-7-12(2,3)13-11;1-4(2)3;1-2/h4-8H,1-3H3;4H,1-3H3;1-2H3. The summed E-state index contributed by atoms with van der Waals surface area (Å²) in [6, 6.07) is 6.26. The zero-order chi connectivity index (χ0) is 15.1. The molecule has 1 nitrogen and oxygen atoms in total. The number of rotatable bonds is 0. The fraction of sp³-hybridized carbons (Fsp3) is 0.556. The highest BCUT2D eigenvalue weighted by molar-refractivity contribution is 5.61. The quantitative estimate of drug-likeness (QED) is 0.568. The van der Waals surface area contributed by atoms with E-state index in [1.165, 1.54) is 11.1 Å². The van der Waals surface area contributed by atoms with Gasteiger partial charge in [-0.2, -0.15) is 0 Å². The number of fused-ring (bicyclic) bond motifs is 1. The van der Waals surface area contributed by atoms with E-state index in [2.05, 4.69) is 65.8 Å². The molecule has 2 rings (SSSR count). The Bertz CT molecular complexity index is 397. The van der Waals surface area contributed by atoms with Crippen molar-refractivity contribution in [3.63, 3.8) is 0 Å². The van der Waals surface area contributed by atoms with Gasteiger partial charge in [-0.05, 0) is 44.9 Å². The Morgan fingerprint density at radius 2 is 1.58 bits per heavy atom. The maximum atomic E-state index is 5.79. The van der Waals surface area contributed by atoms with Gasteiger partial charge in [-0.15, -0.1) is 0 Å². The highest BCUT2D eigenvalue weighted by atomic mass is 16.5. The molecule has 0 unspecified atom stereocenters. The number of benzene rings is 1. The van der Waals surface area contributed by atoms with Crippen molar-refractivity contribution < 1.29 is 4.74 Å². The van der Waals surface area contributed by atoms with E-state index >= 15 is 0 Å². The van der Waals surface area contributed by atoms with Gasteiger partial charge in [0.05, 0.1) is 0 Å². The van der Waals surface area contributed by atoms with Crippen LogP contribution in [-0.2, 0) is 0 Å². The van der Waals surface area contributed by atoms with Gasteiger partial charge >= 0.3 is 0 Å². The summed E-state index contributed by atoms with van der Waals surface area (Å²) >= 11 is 0. The van der Waals surface area contributed by atoms with E-state index < -0.39 is 0 Å². The molecule has 1 aliphatic heterocycles. The molecule has 0 aromatic heterocycles. The van der Waals surface area contributed by atoms with Crippen LogP contribution in [0.3, 0.4) is 0 Å². The van der Waals surface area contributed by atoms with E-state index in [1.54, 1.807) is 0 Å². The molecule has 1 aromatic rings. The lowest BCUT2D eigenvalue weighted by Crippen LogP contribution is -2.27. The average molecular weight is 262 g/mol. The molecular formula is C18H30O. The normalized spacial score (nSPS) is 14.4. The van der Waals surface area contributed by atoms with Gasteiger partial charge in [0, 0.05) is 5.56 Å². The average Bonchev–Trinajstić information content (AvgIpc) is 2.31. The van der Waals surface area contributed by atoms with Gasteiger partial charge in [0.15, 0.2) is 0 Å². The summed E-state index contributed by atoms with van der Waals surface area (Å²) in [5, 5.41) is 0. The first-order chi connectivity index (χ1) is 8.80. The fourth-order valence-corrected chi connectivity index (χ4v) is 1.50. The van der Waals surface area contributed by atoms with Crippen LogP contribution in [0.15, 0.2) is 24.3 Å². The van der Waals surface area contributed by atoms with E-state index in [-0.39, 0.29) is 5.60 Å². The molecule has 1 heterocycles. The summed E-state index contributed by atoms with van der Waals surface area (Å²) in [5.41, 5.74) is 2.29. The van der Waals surface area contributed by atoms with Gasteiger partial charge in [-0.25, -0.2) is 0 Å². The van der Waals surface area contributed by atoms with Crippen LogP contribution < -0.4 is 4.74 Å². The van der Waals surface area contributed by atoms with Crippen molar-refractivity contribution in [3.05, 3.63) is 35.4 Å². The first-order valence-electron chi connectivity index (χ1n) is 7.29. The second-order valence-electron chi connectivity index (χ2n) is 5.81. The highest BCUT2D eigenvalue weighted by Crippen LogP contribution is 2.30. The van der Waals surface area contributed by atoms with Crippen LogP contribution in [0.25, 0.3) is 6.08 Å². The Morgan fingerprint density at radius 1 is 1.05 bits per heavy atom. The summed E-state index contributed by atoms with van der Waals surface area (Å²) in [4.78, 5) is 0. The van der Waals surface area contributed by atoms with Crippen molar-refractivity contribution in [3.8, 4) is 5.75 Å². The Hall–Kier alpha value is -1.24. The molecule has 0 saturated heterocycles. The molecule has 0 atom stereocenters. The lowest BCUT2D eigenvalue weighted by molar-refractivity contribution is 0.159. The molecule has 0 fully saturated rings. The summed E-state index contributed by atoms with van der Waals surface area (Å²) in [7, 11) is 0. The van der Waals surface area contributed by atoms with E-state index in [9.17, 15) is 0 Å². The van der Waals surface area contributed by atoms with Crippen molar-refractivity contribution in [2.45, 2.75) is 61.0 Å². The maximum Gasteiger partial charge on any atom is 0.127 e. The zero-order valence-corrected chi connectivity index (χ0v) is 13.9. The molecule has 0 radical (unpaired) electrons. The Morgan fingerprint density at radius 3 is 2.11 bits per heavy atom. The van der Waals surface area contributed by atoms with Crippen LogP contribution in [0.2, 0.25) is 0 Å². The van der Waals surface area contributed by atoms with E-state index in [4.69, 9.17) is 4.74 Å². The smallest absolute Gasteiger partial charge is 0.127 e. The Kier molecular flexibility index (Phi) is 7.51. The molecule has 19 heavy (non-hydrogen) atoms. The van der Waals surface area contributed by atoms with Crippen LogP contribution in [0.5, 0.6) is 5.75 Å². The number of hydrogen-bond acceptors (Lipinski definition) is 1. The van der Waals surface area contributed by atoms with Crippen LogP contribution in [0.4, 0.5) is 0 Å². The molecule has 0 amide bonds. The largest absolute Gasteiger partial charge is 0.483 e. The fourth-order valence-electron chi connectivity index (χ4n) is 1.50. The second-order valence-corrected chi connectivity index (χ2v) is 5.81. The second kappa shape index (κ2) is 8.04. The monoisotopic (exact) mass is 262 g/mol. The first-order valence-corrected chi connectivity index (χ1v) is 7.29. The van der Waals surface area contributed by atoms with Crippen molar-refractivity contribution in [1.29, 1.82) is 0 Å². The molecule has 0 bridgehead atoms. The van der Waals surface area contributed by atoms with Gasteiger partial charge < -0.3 is 4.74 Å². The maximum absolute atomic E-state index is 5.79. The first kappa shape index (κ1) is 17.8. The molecule has 1 aliphatic rings. The van der Waals surface area contributed by atoms with Gasteiger partial charge in [0.2, 0.25) is 0 Å². The van der Waals surface area contributed by atoms with Gasteiger partial charge in [0.25, 0.3) is 0 Å². The molecule has 1 heteroatoms. The number of aryl methyl sites for hydroxylation is 1. The molecular weight excluding hydrogens is 232 g/mol. The number of ether oxygens (including phenoxy) is 1. The third-order valence-corrected chi connectivity index (χ3v) is 2.20. The van der Waals surface area contributed by atoms with Crippen LogP contribution in [0.1, 0.15) is 59.6 Å². The summed E-state index contributed by atoms with van der Waals surface area (Å²) in [6.07, 6.45) is 4.22. The van der Waals surface area contributed by atoms with E-state index in [1.807, 2.05) is 19.9 Å². The topological polar surface area (TPSA) is 9.23 Å². The number of hydrogen-bond donors (Lipinski definition) is 0. The van der Waals surface area contributed by atoms with E-state index in [0.29, 0.717) is 0 Å². The summed E-state index contributed by atoms with van der Waals surface area (Å²) in [6.45, 7) is 16.7. The molecule has 0 saturated carbocycles. The Balaban J connectivity index is 0.000000467. The van der Waals surface area contributed by atoms with E-state index in [0.717, 1.165) is 11.7 Å². The molecule has 0 spiro atoms. The predicted octanol–water partition coefficient (Wildman–Crippen LogP) is 5.87. The lowest BCUT2D eigenvalue weighted by Gasteiger charge is -2.27. The zero-order valence-electron chi connectivity index (χ0n) is 13.9. The minimum Gasteiger partial charge on any atom is -0.483 e. The third kappa shape index (κ3) is 7.05. The predicted molar refractivity (Wildman–Crippen MR) is 86.8 cm³/mol. The van der Waals surface area contributed by atoms with Crippen molar-refractivity contribution >= 4 is 6.08 Å². The highest BCUT2D eigenvalue weighted by Gasteiger charge is 2.20. The van der Waals surface area contributed by atoms with Gasteiger partial charge in [0.1, 0.15) is 11.4 Å². The molecule has 0 aliphatic carbocycles. The molecule has 108 valence electrons. The van der Waals surface area contributed by atoms with Crippen molar-refractivity contribution in [2.24, 2.45) is 5.92 Å². The third-order valence-electron chi connectivity index (χ3n) is 2.20. The lowest BCUT2D eigenvalue weighted by atomic mass is 10.0. The van der Waals surface area contributed by atoms with Gasteiger partial charge in [-0.3, -0.25) is 0 Å².